The van der Waals surface area contributed by atoms with E-state index in [-0.39, 0.29) is 0 Å². The lowest BCUT2D eigenvalue weighted by atomic mass is 10.0. The molecule has 0 aliphatic heterocycles. The average molecular weight is 447 g/mol. The third kappa shape index (κ3) is 3.03. The topological polar surface area (TPSA) is 53.6 Å². The lowest BCUT2D eigenvalue weighted by molar-refractivity contribution is 0.356. The standard InChI is InChI=1S/C28H22N4O2/c1-33-24-17-21-23(18-25(24)34-2)31-16-10-9-15-22(31)28(21)32-27(20-13-7-4-8-14-20)26(29-30-32)19-11-5-3-6-12-19/h3-18H,1-2H3. The van der Waals surface area contributed by atoms with E-state index in [1.165, 1.54) is 0 Å². The summed E-state index contributed by atoms with van der Waals surface area (Å²) in [5.41, 5.74) is 6.75. The Hall–Kier alpha value is -4.58. The van der Waals surface area contributed by atoms with Crippen LogP contribution in [0.2, 0.25) is 0 Å². The van der Waals surface area contributed by atoms with Crippen molar-refractivity contribution in [3.8, 4) is 39.7 Å². The van der Waals surface area contributed by atoms with E-state index in [2.05, 4.69) is 39.8 Å². The van der Waals surface area contributed by atoms with Gasteiger partial charge < -0.3 is 13.9 Å². The van der Waals surface area contributed by atoms with Crippen LogP contribution >= 0.6 is 0 Å². The molecule has 6 nitrogen and oxygen atoms in total. The molecule has 0 unspecified atom stereocenters. The smallest absolute Gasteiger partial charge is 0.162 e. The van der Waals surface area contributed by atoms with Crippen molar-refractivity contribution in [3.63, 3.8) is 0 Å². The van der Waals surface area contributed by atoms with Crippen molar-refractivity contribution in [3.05, 3.63) is 97.2 Å². The van der Waals surface area contributed by atoms with Crippen molar-refractivity contribution in [1.82, 2.24) is 19.4 Å². The quantitative estimate of drug-likeness (QED) is 0.325. The first kappa shape index (κ1) is 20.1. The molecule has 166 valence electrons. The first-order valence-corrected chi connectivity index (χ1v) is 11.0. The maximum atomic E-state index is 5.64. The molecule has 0 saturated heterocycles. The van der Waals surface area contributed by atoms with Crippen LogP contribution in [0.5, 0.6) is 11.5 Å². The molecule has 3 aromatic heterocycles. The lowest BCUT2D eigenvalue weighted by Crippen LogP contribution is -2.00. The van der Waals surface area contributed by atoms with Crippen LogP contribution in [0.3, 0.4) is 0 Å². The van der Waals surface area contributed by atoms with E-state index in [0.29, 0.717) is 11.5 Å². The van der Waals surface area contributed by atoms with Gasteiger partial charge in [-0.15, -0.1) is 5.10 Å². The lowest BCUT2D eigenvalue weighted by Gasteiger charge is -2.10. The van der Waals surface area contributed by atoms with E-state index in [1.54, 1.807) is 14.2 Å². The second-order valence-corrected chi connectivity index (χ2v) is 7.96. The van der Waals surface area contributed by atoms with Gasteiger partial charge in [-0.1, -0.05) is 71.9 Å². The van der Waals surface area contributed by atoms with Crippen LogP contribution in [-0.2, 0) is 0 Å². The molecule has 34 heavy (non-hydrogen) atoms. The van der Waals surface area contributed by atoms with Gasteiger partial charge in [-0.05, 0) is 18.2 Å². The highest BCUT2D eigenvalue weighted by molar-refractivity contribution is 6.01. The molecule has 0 radical (unpaired) electrons. The minimum Gasteiger partial charge on any atom is -0.493 e. The van der Waals surface area contributed by atoms with E-state index in [1.807, 2.05) is 71.5 Å². The maximum Gasteiger partial charge on any atom is 0.162 e. The molecule has 3 heterocycles. The SMILES string of the molecule is COc1cc2c(-n3nnc(-c4ccccc4)c3-c3ccccc3)c3ccccn3c2cc1OC. The van der Waals surface area contributed by atoms with E-state index < -0.39 is 0 Å². The zero-order valence-electron chi connectivity index (χ0n) is 18.8. The number of hydrogen-bond acceptors (Lipinski definition) is 4. The monoisotopic (exact) mass is 446 g/mol. The van der Waals surface area contributed by atoms with Crippen LogP contribution in [0.25, 0.3) is 44.6 Å². The molecule has 6 rings (SSSR count). The Bertz CT molecular complexity index is 1620. The van der Waals surface area contributed by atoms with E-state index >= 15 is 0 Å². The normalized spacial score (nSPS) is 11.2. The molecule has 0 atom stereocenters. The van der Waals surface area contributed by atoms with E-state index in [4.69, 9.17) is 14.7 Å². The average Bonchev–Trinajstić information content (AvgIpc) is 3.47. The Balaban J connectivity index is 1.74. The van der Waals surface area contributed by atoms with Crippen molar-refractivity contribution in [2.24, 2.45) is 0 Å². The Morgan fingerprint density at radius 1 is 0.676 bits per heavy atom. The van der Waals surface area contributed by atoms with Gasteiger partial charge in [0, 0.05) is 28.8 Å². The largest absolute Gasteiger partial charge is 0.493 e. The molecule has 0 N–H and O–H groups in total. The van der Waals surface area contributed by atoms with Crippen LogP contribution in [0, 0.1) is 0 Å². The zero-order valence-corrected chi connectivity index (χ0v) is 18.8. The number of benzene rings is 3. The van der Waals surface area contributed by atoms with Crippen molar-refractivity contribution in [1.29, 1.82) is 0 Å². The van der Waals surface area contributed by atoms with E-state index in [0.717, 1.165) is 44.6 Å². The fourth-order valence-electron chi connectivity index (χ4n) is 4.55. The number of nitrogens with zero attached hydrogens (tertiary/aromatic N) is 4. The zero-order chi connectivity index (χ0) is 23.1. The second-order valence-electron chi connectivity index (χ2n) is 7.96. The molecule has 0 spiro atoms. The highest BCUT2D eigenvalue weighted by Crippen LogP contribution is 2.40. The molecule has 0 saturated carbocycles. The molecule has 0 bridgehead atoms. The summed E-state index contributed by atoms with van der Waals surface area (Å²) in [6.45, 7) is 0. The van der Waals surface area contributed by atoms with Crippen LogP contribution in [0.15, 0.2) is 97.2 Å². The van der Waals surface area contributed by atoms with Crippen molar-refractivity contribution in [2.75, 3.05) is 14.2 Å². The summed E-state index contributed by atoms with van der Waals surface area (Å²) in [4.78, 5) is 0. The number of pyridine rings is 1. The van der Waals surface area contributed by atoms with Gasteiger partial charge in [-0.25, -0.2) is 4.68 Å². The van der Waals surface area contributed by atoms with Crippen LogP contribution in [0.1, 0.15) is 0 Å². The van der Waals surface area contributed by atoms with Gasteiger partial charge in [0.15, 0.2) is 11.5 Å². The molecule has 0 aliphatic rings. The number of fused-ring (bicyclic) bond motifs is 3. The maximum absolute atomic E-state index is 5.64. The Morgan fingerprint density at radius 2 is 1.32 bits per heavy atom. The second kappa shape index (κ2) is 8.08. The summed E-state index contributed by atoms with van der Waals surface area (Å²) in [5.74, 6) is 1.34. The van der Waals surface area contributed by atoms with Gasteiger partial charge in [0.1, 0.15) is 17.1 Å². The predicted molar refractivity (Wildman–Crippen MR) is 134 cm³/mol. The van der Waals surface area contributed by atoms with Gasteiger partial charge >= 0.3 is 0 Å². The summed E-state index contributed by atoms with van der Waals surface area (Å²) in [7, 11) is 3.30. The predicted octanol–water partition coefficient (Wildman–Crippen LogP) is 6.02. The van der Waals surface area contributed by atoms with Crippen molar-refractivity contribution in [2.45, 2.75) is 0 Å². The minimum absolute atomic E-state index is 0.664. The van der Waals surface area contributed by atoms with Crippen LogP contribution < -0.4 is 9.47 Å². The number of rotatable bonds is 5. The van der Waals surface area contributed by atoms with Crippen LogP contribution in [0.4, 0.5) is 0 Å². The minimum atomic E-state index is 0.664. The molecule has 6 aromatic rings. The van der Waals surface area contributed by atoms with Gasteiger partial charge in [0.25, 0.3) is 0 Å². The number of aromatic nitrogens is 4. The third-order valence-corrected chi connectivity index (χ3v) is 6.10. The van der Waals surface area contributed by atoms with Gasteiger partial charge in [0.05, 0.1) is 25.3 Å². The first-order valence-electron chi connectivity index (χ1n) is 11.0. The summed E-state index contributed by atoms with van der Waals surface area (Å²) in [6, 6.07) is 30.6. The molecule has 0 fully saturated rings. The third-order valence-electron chi connectivity index (χ3n) is 6.10. The van der Waals surface area contributed by atoms with Gasteiger partial charge in [0.2, 0.25) is 0 Å². The highest BCUT2D eigenvalue weighted by Gasteiger charge is 2.23. The highest BCUT2D eigenvalue weighted by atomic mass is 16.5. The number of methoxy groups -OCH3 is 2. The van der Waals surface area contributed by atoms with Gasteiger partial charge in [-0.3, -0.25) is 0 Å². The summed E-state index contributed by atoms with van der Waals surface area (Å²) < 4.78 is 15.3. The first-order chi connectivity index (χ1) is 16.8. The Kier molecular flexibility index (Phi) is 4.77. The summed E-state index contributed by atoms with van der Waals surface area (Å²) >= 11 is 0. The fourth-order valence-corrected chi connectivity index (χ4v) is 4.55. The Labute approximate surface area is 196 Å². The number of hydrogen-bond donors (Lipinski definition) is 0. The van der Waals surface area contributed by atoms with E-state index in [9.17, 15) is 0 Å². The van der Waals surface area contributed by atoms with Crippen molar-refractivity contribution >= 4 is 16.4 Å². The van der Waals surface area contributed by atoms with Gasteiger partial charge in [-0.2, -0.15) is 0 Å². The molecule has 0 amide bonds. The molecule has 6 heteroatoms. The van der Waals surface area contributed by atoms with Crippen LogP contribution in [-0.4, -0.2) is 33.6 Å². The van der Waals surface area contributed by atoms with Crippen molar-refractivity contribution < 1.29 is 9.47 Å². The number of ether oxygens (including phenoxy) is 2. The summed E-state index contributed by atoms with van der Waals surface area (Å²) in [6.07, 6.45) is 2.05. The molecule has 3 aromatic carbocycles. The summed E-state index contributed by atoms with van der Waals surface area (Å²) in [5, 5.41) is 10.3. The molecular formula is C28H22N4O2. The molecule has 0 aliphatic carbocycles. The Morgan fingerprint density at radius 3 is 2.03 bits per heavy atom. The fraction of sp³-hybridized carbons (Fsp3) is 0.0714. The molecular weight excluding hydrogens is 424 g/mol.